The van der Waals surface area contributed by atoms with Crippen LogP contribution in [-0.2, 0) is 4.74 Å². The van der Waals surface area contributed by atoms with E-state index < -0.39 is 0 Å². The summed E-state index contributed by atoms with van der Waals surface area (Å²) in [6, 6.07) is 15.5. The van der Waals surface area contributed by atoms with Gasteiger partial charge in [-0.05, 0) is 17.5 Å². The molecule has 0 radical (unpaired) electrons. The molecule has 0 saturated carbocycles. The van der Waals surface area contributed by atoms with Gasteiger partial charge in [-0.1, -0.05) is 36.4 Å². The minimum Gasteiger partial charge on any atom is -0.449 e. The molecular formula is C17H11NO2. The minimum absolute atomic E-state index is 0.253. The lowest BCUT2D eigenvalue weighted by Crippen LogP contribution is -2.01. The van der Waals surface area contributed by atoms with Crippen LogP contribution in [0.2, 0.25) is 0 Å². The summed E-state index contributed by atoms with van der Waals surface area (Å²) in [6.07, 6.45) is 3.25. The van der Waals surface area contributed by atoms with Gasteiger partial charge in [0.1, 0.15) is 0 Å². The Balaban J connectivity index is 1.96. The van der Waals surface area contributed by atoms with Crippen LogP contribution in [0.4, 0.5) is 0 Å². The highest BCUT2D eigenvalue weighted by molar-refractivity contribution is 5.96. The van der Waals surface area contributed by atoms with E-state index in [9.17, 15) is 4.79 Å². The van der Waals surface area contributed by atoms with E-state index in [1.54, 1.807) is 6.20 Å². The van der Waals surface area contributed by atoms with Crippen LogP contribution in [0.5, 0.6) is 0 Å². The Kier molecular flexibility index (Phi) is 2.33. The van der Waals surface area contributed by atoms with Crippen LogP contribution in [0.15, 0.2) is 60.9 Å². The van der Waals surface area contributed by atoms with E-state index in [4.69, 9.17) is 4.74 Å². The van der Waals surface area contributed by atoms with E-state index in [1.807, 2.05) is 54.7 Å². The van der Waals surface area contributed by atoms with E-state index in [0.717, 1.165) is 21.9 Å². The Morgan fingerprint density at radius 2 is 1.80 bits per heavy atom. The molecule has 1 aromatic heterocycles. The third-order valence-corrected chi connectivity index (χ3v) is 3.68. The van der Waals surface area contributed by atoms with Crippen LogP contribution in [0, 0.1) is 0 Å². The quantitative estimate of drug-likeness (QED) is 0.629. The second-order valence-electron chi connectivity index (χ2n) is 4.82. The number of nitrogens with zero attached hydrogens (tertiary/aromatic N) is 1. The molecule has 1 unspecified atom stereocenters. The second kappa shape index (κ2) is 4.17. The molecule has 3 nitrogen and oxygen atoms in total. The molecule has 3 heteroatoms. The molecule has 0 aliphatic carbocycles. The SMILES string of the molecule is O=C1OC(c2cccc3cnccc23)c2ccccc21. The van der Waals surface area contributed by atoms with Crippen molar-refractivity contribution < 1.29 is 9.53 Å². The third-order valence-electron chi connectivity index (χ3n) is 3.68. The van der Waals surface area contributed by atoms with Gasteiger partial charge in [-0.15, -0.1) is 0 Å². The van der Waals surface area contributed by atoms with Crippen LogP contribution in [-0.4, -0.2) is 11.0 Å². The maximum atomic E-state index is 12.0. The van der Waals surface area contributed by atoms with E-state index in [1.165, 1.54) is 0 Å². The highest BCUT2D eigenvalue weighted by Crippen LogP contribution is 2.38. The number of aromatic nitrogens is 1. The summed E-state index contributed by atoms with van der Waals surface area (Å²) >= 11 is 0. The van der Waals surface area contributed by atoms with Gasteiger partial charge in [0.15, 0.2) is 6.10 Å². The van der Waals surface area contributed by atoms with Crippen molar-refractivity contribution in [2.45, 2.75) is 6.10 Å². The number of carbonyl (C=O) groups excluding carboxylic acids is 1. The van der Waals surface area contributed by atoms with E-state index in [0.29, 0.717) is 5.56 Å². The van der Waals surface area contributed by atoms with Gasteiger partial charge in [-0.2, -0.15) is 0 Å². The zero-order valence-corrected chi connectivity index (χ0v) is 10.6. The Hall–Kier alpha value is -2.68. The van der Waals surface area contributed by atoms with Gasteiger partial charge in [0.2, 0.25) is 0 Å². The first kappa shape index (κ1) is 11.2. The van der Waals surface area contributed by atoms with Crippen LogP contribution < -0.4 is 0 Å². The molecule has 0 spiro atoms. The highest BCUT2D eigenvalue weighted by Gasteiger charge is 2.32. The number of ether oxygens (including phenoxy) is 1. The zero-order valence-electron chi connectivity index (χ0n) is 10.6. The maximum Gasteiger partial charge on any atom is 0.339 e. The van der Waals surface area contributed by atoms with Crippen molar-refractivity contribution in [3.8, 4) is 0 Å². The molecule has 96 valence electrons. The number of carbonyl (C=O) groups is 1. The fraction of sp³-hybridized carbons (Fsp3) is 0.0588. The van der Waals surface area contributed by atoms with Gasteiger partial charge >= 0.3 is 5.97 Å². The summed E-state index contributed by atoms with van der Waals surface area (Å²) in [7, 11) is 0. The van der Waals surface area contributed by atoms with Gasteiger partial charge in [0, 0.05) is 28.9 Å². The topological polar surface area (TPSA) is 39.2 Å². The normalized spacial score (nSPS) is 17.0. The van der Waals surface area contributed by atoms with Gasteiger partial charge in [-0.3, -0.25) is 4.98 Å². The number of pyridine rings is 1. The molecule has 20 heavy (non-hydrogen) atoms. The van der Waals surface area contributed by atoms with Crippen molar-refractivity contribution >= 4 is 16.7 Å². The fourth-order valence-electron chi connectivity index (χ4n) is 2.75. The Bertz CT molecular complexity index is 821. The van der Waals surface area contributed by atoms with E-state index >= 15 is 0 Å². The van der Waals surface area contributed by atoms with Crippen molar-refractivity contribution in [3.05, 3.63) is 77.6 Å². The number of rotatable bonds is 1. The first-order chi connectivity index (χ1) is 9.84. The Labute approximate surface area is 115 Å². The number of fused-ring (bicyclic) bond motifs is 2. The number of benzene rings is 2. The summed E-state index contributed by atoms with van der Waals surface area (Å²) in [5, 5.41) is 2.11. The van der Waals surface area contributed by atoms with Gasteiger partial charge < -0.3 is 4.74 Å². The third kappa shape index (κ3) is 1.53. The molecule has 0 saturated heterocycles. The van der Waals surface area contributed by atoms with Gasteiger partial charge in [0.05, 0.1) is 5.56 Å². The van der Waals surface area contributed by atoms with Gasteiger partial charge in [0.25, 0.3) is 0 Å². The van der Waals surface area contributed by atoms with Crippen LogP contribution in [0.3, 0.4) is 0 Å². The average molecular weight is 261 g/mol. The summed E-state index contributed by atoms with van der Waals surface area (Å²) in [5.74, 6) is -0.253. The molecule has 2 heterocycles. The monoisotopic (exact) mass is 261 g/mol. The molecule has 0 fully saturated rings. The van der Waals surface area contributed by atoms with Crippen molar-refractivity contribution in [2.75, 3.05) is 0 Å². The predicted molar refractivity (Wildman–Crippen MR) is 75.4 cm³/mol. The number of hydrogen-bond acceptors (Lipinski definition) is 3. The molecule has 0 N–H and O–H groups in total. The fourth-order valence-corrected chi connectivity index (χ4v) is 2.75. The van der Waals surface area contributed by atoms with Crippen LogP contribution >= 0.6 is 0 Å². The van der Waals surface area contributed by atoms with E-state index in [-0.39, 0.29) is 12.1 Å². The Morgan fingerprint density at radius 1 is 0.950 bits per heavy atom. The molecule has 1 aliphatic rings. The van der Waals surface area contributed by atoms with Crippen molar-refractivity contribution in [2.24, 2.45) is 0 Å². The lowest BCUT2D eigenvalue weighted by atomic mass is 9.95. The Morgan fingerprint density at radius 3 is 2.75 bits per heavy atom. The van der Waals surface area contributed by atoms with Crippen molar-refractivity contribution in [1.82, 2.24) is 4.98 Å². The maximum absolute atomic E-state index is 12.0. The second-order valence-corrected chi connectivity index (χ2v) is 4.82. The first-order valence-corrected chi connectivity index (χ1v) is 6.47. The van der Waals surface area contributed by atoms with Gasteiger partial charge in [-0.25, -0.2) is 4.79 Å². The molecule has 1 aliphatic heterocycles. The molecule has 0 bridgehead atoms. The number of hydrogen-bond donors (Lipinski definition) is 0. The first-order valence-electron chi connectivity index (χ1n) is 6.47. The summed E-state index contributed by atoms with van der Waals surface area (Å²) in [6.45, 7) is 0. The molecule has 0 amide bonds. The molecule has 4 rings (SSSR count). The molecule has 2 aromatic carbocycles. The summed E-state index contributed by atoms with van der Waals surface area (Å²) in [4.78, 5) is 16.1. The molecular weight excluding hydrogens is 250 g/mol. The molecule has 3 aromatic rings. The standard InChI is InChI=1S/C17H11NO2/c19-17-15-6-2-1-5-14(15)16(20-17)13-7-3-4-11-10-18-9-8-12(11)13/h1-10,16H. The highest BCUT2D eigenvalue weighted by atomic mass is 16.5. The predicted octanol–water partition coefficient (Wildman–Crippen LogP) is 3.49. The van der Waals surface area contributed by atoms with Crippen molar-refractivity contribution in [1.29, 1.82) is 0 Å². The molecule has 1 atom stereocenters. The summed E-state index contributed by atoms with van der Waals surface area (Å²) in [5.41, 5.74) is 2.59. The zero-order chi connectivity index (χ0) is 13.5. The number of esters is 1. The minimum atomic E-state index is -0.329. The van der Waals surface area contributed by atoms with Crippen molar-refractivity contribution in [3.63, 3.8) is 0 Å². The lowest BCUT2D eigenvalue weighted by Gasteiger charge is -2.13. The summed E-state index contributed by atoms with van der Waals surface area (Å²) < 4.78 is 5.57. The smallest absolute Gasteiger partial charge is 0.339 e. The lowest BCUT2D eigenvalue weighted by molar-refractivity contribution is 0.0458. The van der Waals surface area contributed by atoms with Crippen LogP contribution in [0.25, 0.3) is 10.8 Å². The van der Waals surface area contributed by atoms with E-state index in [2.05, 4.69) is 4.98 Å². The number of cyclic esters (lactones) is 1. The largest absolute Gasteiger partial charge is 0.449 e. The van der Waals surface area contributed by atoms with Crippen LogP contribution in [0.1, 0.15) is 27.6 Å². The average Bonchev–Trinajstić information content (AvgIpc) is 2.84.